The molecule has 72 valence electrons. The van der Waals surface area contributed by atoms with Gasteiger partial charge in [0.15, 0.2) is 0 Å². The Morgan fingerprint density at radius 1 is 1.67 bits per heavy atom. The molecule has 0 aromatic heterocycles. The molecule has 0 fully saturated rings. The third-order valence-corrected chi connectivity index (χ3v) is 1.80. The average Bonchev–Trinajstić information content (AvgIpc) is 2.03. The summed E-state index contributed by atoms with van der Waals surface area (Å²) in [6, 6.07) is 0. The lowest BCUT2D eigenvalue weighted by Crippen LogP contribution is -2.21. The molecule has 0 radical (unpaired) electrons. The van der Waals surface area contributed by atoms with Gasteiger partial charge in [-0.25, -0.2) is 0 Å². The Morgan fingerprint density at radius 3 is 2.67 bits per heavy atom. The number of esters is 1. The number of hydrogen-bond donors (Lipinski definition) is 2. The van der Waals surface area contributed by atoms with Crippen LogP contribution in [0.2, 0.25) is 0 Å². The van der Waals surface area contributed by atoms with E-state index in [1.54, 1.807) is 6.92 Å². The summed E-state index contributed by atoms with van der Waals surface area (Å²) in [5, 5.41) is 9.20. The molecule has 0 saturated carbocycles. The summed E-state index contributed by atoms with van der Waals surface area (Å²) >= 11 is 3.77. The van der Waals surface area contributed by atoms with Gasteiger partial charge in [-0.15, -0.1) is 0 Å². The lowest BCUT2D eigenvalue weighted by Gasteiger charge is -2.15. The van der Waals surface area contributed by atoms with Crippen LogP contribution < -0.4 is 0 Å². The third-order valence-electron chi connectivity index (χ3n) is 1.54. The van der Waals surface area contributed by atoms with Crippen molar-refractivity contribution in [2.75, 3.05) is 5.75 Å². The molecule has 0 aliphatic heterocycles. The highest BCUT2D eigenvalue weighted by molar-refractivity contribution is 7.81. The molecule has 0 bridgehead atoms. The first kappa shape index (κ1) is 11.8. The van der Waals surface area contributed by atoms with Crippen molar-refractivity contribution in [2.45, 2.75) is 38.9 Å². The number of hydrogen-bond acceptors (Lipinski definition) is 4. The number of aliphatic hydroxyl groups excluding tert-OH is 1. The maximum atomic E-state index is 10.7. The van der Waals surface area contributed by atoms with E-state index in [1.165, 1.54) is 0 Å². The molecule has 0 spiro atoms. The monoisotopic (exact) mass is 192 g/mol. The molecule has 2 atom stereocenters. The lowest BCUT2D eigenvalue weighted by atomic mass is 10.1. The van der Waals surface area contributed by atoms with Gasteiger partial charge in [0.1, 0.15) is 6.10 Å². The predicted molar refractivity (Wildman–Crippen MR) is 50.3 cm³/mol. The van der Waals surface area contributed by atoms with Crippen LogP contribution in [-0.2, 0) is 9.53 Å². The first-order valence-corrected chi connectivity index (χ1v) is 4.71. The number of carbonyl (C=O) groups excluding carboxylic acids is 1. The van der Waals surface area contributed by atoms with Gasteiger partial charge in [-0.1, -0.05) is 6.92 Å². The van der Waals surface area contributed by atoms with Crippen molar-refractivity contribution in [1.29, 1.82) is 0 Å². The van der Waals surface area contributed by atoms with Crippen molar-refractivity contribution in [1.82, 2.24) is 0 Å². The van der Waals surface area contributed by atoms with Crippen LogP contribution in [0.15, 0.2) is 0 Å². The molecule has 12 heavy (non-hydrogen) atoms. The molecule has 0 saturated heterocycles. The molecular weight excluding hydrogens is 176 g/mol. The Hall–Kier alpha value is -0.220. The van der Waals surface area contributed by atoms with Gasteiger partial charge in [0.05, 0.1) is 11.9 Å². The molecule has 0 rings (SSSR count). The van der Waals surface area contributed by atoms with Crippen LogP contribution >= 0.6 is 12.6 Å². The number of rotatable bonds is 5. The molecule has 0 aromatic carbocycles. The van der Waals surface area contributed by atoms with Gasteiger partial charge >= 0.3 is 5.97 Å². The zero-order valence-electron chi connectivity index (χ0n) is 7.49. The molecule has 2 unspecified atom stereocenters. The van der Waals surface area contributed by atoms with Crippen molar-refractivity contribution in [2.24, 2.45) is 0 Å². The Bertz CT molecular complexity index is 138. The maximum Gasteiger partial charge on any atom is 0.315 e. The second-order valence-electron chi connectivity index (χ2n) is 2.76. The van der Waals surface area contributed by atoms with E-state index in [2.05, 4.69) is 12.6 Å². The van der Waals surface area contributed by atoms with Gasteiger partial charge in [-0.2, -0.15) is 12.6 Å². The predicted octanol–water partition coefficient (Wildman–Crippen LogP) is 1.01. The van der Waals surface area contributed by atoms with Crippen LogP contribution in [0.25, 0.3) is 0 Å². The summed E-state index contributed by atoms with van der Waals surface area (Å²) in [7, 11) is 0. The molecule has 0 aromatic rings. The van der Waals surface area contributed by atoms with Crippen molar-refractivity contribution < 1.29 is 14.6 Å². The number of ether oxygens (including phenoxy) is 1. The second-order valence-corrected chi connectivity index (χ2v) is 3.07. The van der Waals surface area contributed by atoms with Crippen molar-refractivity contribution >= 4 is 18.6 Å². The van der Waals surface area contributed by atoms with E-state index in [1.807, 2.05) is 6.92 Å². The summed E-state index contributed by atoms with van der Waals surface area (Å²) in [5.41, 5.74) is 0. The zero-order valence-corrected chi connectivity index (χ0v) is 8.38. The normalized spacial score (nSPS) is 15.3. The van der Waals surface area contributed by atoms with Crippen molar-refractivity contribution in [3.63, 3.8) is 0 Å². The fraction of sp³-hybridized carbons (Fsp3) is 0.875. The van der Waals surface area contributed by atoms with E-state index in [4.69, 9.17) is 4.74 Å². The summed E-state index contributed by atoms with van der Waals surface area (Å²) in [5.74, 6) is -0.249. The van der Waals surface area contributed by atoms with Crippen LogP contribution in [0.5, 0.6) is 0 Å². The standard InChI is InChI=1S/C8H16O3S/c1-3-7(9)4-6(2)11-8(10)5-12/h6-7,9,12H,3-5H2,1-2H3. The quantitative estimate of drug-likeness (QED) is 0.505. The summed E-state index contributed by atoms with van der Waals surface area (Å²) < 4.78 is 4.90. The second kappa shape index (κ2) is 6.31. The zero-order chi connectivity index (χ0) is 9.56. The highest BCUT2D eigenvalue weighted by atomic mass is 32.1. The SMILES string of the molecule is CCC(O)CC(C)OC(=O)CS. The van der Waals surface area contributed by atoms with E-state index < -0.39 is 0 Å². The summed E-state index contributed by atoms with van der Waals surface area (Å²) in [4.78, 5) is 10.7. The number of aliphatic hydroxyl groups is 1. The van der Waals surface area contributed by atoms with E-state index >= 15 is 0 Å². The third kappa shape index (κ3) is 5.43. The highest BCUT2D eigenvalue weighted by Gasteiger charge is 2.11. The topological polar surface area (TPSA) is 46.5 Å². The molecule has 0 heterocycles. The van der Waals surface area contributed by atoms with Gasteiger partial charge in [0.25, 0.3) is 0 Å². The van der Waals surface area contributed by atoms with E-state index in [0.29, 0.717) is 12.8 Å². The summed E-state index contributed by atoms with van der Waals surface area (Å²) in [6.45, 7) is 3.65. The van der Waals surface area contributed by atoms with Crippen molar-refractivity contribution in [3.8, 4) is 0 Å². The minimum absolute atomic E-state index is 0.0898. The minimum atomic E-state index is -0.382. The first-order valence-electron chi connectivity index (χ1n) is 4.08. The summed E-state index contributed by atoms with van der Waals surface area (Å²) in [6.07, 6.45) is 0.575. The molecule has 0 aliphatic carbocycles. The van der Waals surface area contributed by atoms with E-state index in [9.17, 15) is 9.90 Å². The molecule has 4 heteroatoms. The minimum Gasteiger partial charge on any atom is -0.462 e. The van der Waals surface area contributed by atoms with Crippen LogP contribution in [-0.4, -0.2) is 29.0 Å². The largest absolute Gasteiger partial charge is 0.462 e. The van der Waals surface area contributed by atoms with Crippen LogP contribution in [0, 0.1) is 0 Å². The Morgan fingerprint density at radius 2 is 2.25 bits per heavy atom. The molecular formula is C8H16O3S. The van der Waals surface area contributed by atoms with Crippen LogP contribution in [0.3, 0.4) is 0 Å². The Balaban J connectivity index is 3.58. The van der Waals surface area contributed by atoms with Gasteiger partial charge in [0.2, 0.25) is 0 Å². The van der Waals surface area contributed by atoms with Gasteiger partial charge in [-0.05, 0) is 13.3 Å². The fourth-order valence-corrected chi connectivity index (χ4v) is 0.934. The van der Waals surface area contributed by atoms with Crippen LogP contribution in [0.1, 0.15) is 26.7 Å². The average molecular weight is 192 g/mol. The molecule has 1 N–H and O–H groups in total. The maximum absolute atomic E-state index is 10.7. The number of carbonyl (C=O) groups is 1. The van der Waals surface area contributed by atoms with Gasteiger partial charge < -0.3 is 9.84 Å². The fourth-order valence-electron chi connectivity index (χ4n) is 0.860. The van der Waals surface area contributed by atoms with E-state index in [0.717, 1.165) is 0 Å². The van der Waals surface area contributed by atoms with Crippen molar-refractivity contribution in [3.05, 3.63) is 0 Å². The lowest BCUT2D eigenvalue weighted by molar-refractivity contribution is -0.146. The highest BCUT2D eigenvalue weighted by Crippen LogP contribution is 2.05. The van der Waals surface area contributed by atoms with E-state index in [-0.39, 0.29) is 23.9 Å². The molecule has 3 nitrogen and oxygen atoms in total. The smallest absolute Gasteiger partial charge is 0.315 e. The van der Waals surface area contributed by atoms with Gasteiger partial charge in [-0.3, -0.25) is 4.79 Å². The number of thiol groups is 1. The van der Waals surface area contributed by atoms with Gasteiger partial charge in [0, 0.05) is 6.42 Å². The van der Waals surface area contributed by atoms with Crippen LogP contribution in [0.4, 0.5) is 0 Å². The first-order chi connectivity index (χ1) is 5.60. The molecule has 0 amide bonds. The Kier molecular flexibility index (Phi) is 6.20. The Labute approximate surface area is 78.5 Å². The molecule has 0 aliphatic rings.